The summed E-state index contributed by atoms with van der Waals surface area (Å²) in [5.41, 5.74) is 3.09. The van der Waals surface area contributed by atoms with Crippen LogP contribution in [0, 0.1) is 5.92 Å². The summed E-state index contributed by atoms with van der Waals surface area (Å²) in [6, 6.07) is 8.41. The van der Waals surface area contributed by atoms with Gasteiger partial charge in [0.15, 0.2) is 0 Å². The summed E-state index contributed by atoms with van der Waals surface area (Å²) in [7, 11) is 0. The van der Waals surface area contributed by atoms with E-state index in [4.69, 9.17) is 0 Å². The highest BCUT2D eigenvalue weighted by molar-refractivity contribution is 5.98. The van der Waals surface area contributed by atoms with Gasteiger partial charge < -0.3 is 9.88 Å². The van der Waals surface area contributed by atoms with Gasteiger partial charge >= 0.3 is 0 Å². The number of benzene rings is 1. The lowest BCUT2D eigenvalue weighted by Crippen LogP contribution is -2.39. The summed E-state index contributed by atoms with van der Waals surface area (Å²) < 4.78 is 0. The molecule has 1 aromatic carbocycles. The summed E-state index contributed by atoms with van der Waals surface area (Å²) in [6.45, 7) is 8.36. The van der Waals surface area contributed by atoms with Crippen LogP contribution >= 0.6 is 0 Å². The van der Waals surface area contributed by atoms with Gasteiger partial charge in [-0.3, -0.25) is 4.79 Å². The van der Waals surface area contributed by atoms with Crippen molar-refractivity contribution in [3.63, 3.8) is 0 Å². The van der Waals surface area contributed by atoms with Crippen LogP contribution in [0.5, 0.6) is 0 Å². The summed E-state index contributed by atoms with van der Waals surface area (Å²) >= 11 is 0. The molecule has 1 aliphatic heterocycles. The molecule has 1 aromatic heterocycles. The molecule has 1 saturated heterocycles. The maximum Gasteiger partial charge on any atom is 0.270 e. The normalized spacial score (nSPS) is 19.4. The van der Waals surface area contributed by atoms with Crippen molar-refractivity contribution in [2.45, 2.75) is 39.5 Å². The van der Waals surface area contributed by atoms with E-state index in [0.717, 1.165) is 36.1 Å². The third-order valence-electron chi connectivity index (χ3n) is 4.49. The van der Waals surface area contributed by atoms with Gasteiger partial charge in [0.25, 0.3) is 5.91 Å². The van der Waals surface area contributed by atoms with Crippen LogP contribution in [0.2, 0.25) is 0 Å². The number of rotatable bonds is 2. The molecule has 3 rings (SSSR count). The first-order valence-electron chi connectivity index (χ1n) is 7.96. The first-order valence-corrected chi connectivity index (χ1v) is 7.96. The number of nitrogens with zero attached hydrogens (tertiary/aromatic N) is 1. The van der Waals surface area contributed by atoms with Crippen LogP contribution in [0.1, 0.15) is 55.6 Å². The van der Waals surface area contributed by atoms with E-state index in [9.17, 15) is 4.79 Å². The number of fused-ring (bicyclic) bond motifs is 1. The Balaban J connectivity index is 1.88. The molecule has 1 atom stereocenters. The van der Waals surface area contributed by atoms with E-state index in [1.54, 1.807) is 0 Å². The van der Waals surface area contributed by atoms with E-state index in [0.29, 0.717) is 11.8 Å². The van der Waals surface area contributed by atoms with Crippen LogP contribution in [0.4, 0.5) is 0 Å². The summed E-state index contributed by atoms with van der Waals surface area (Å²) in [5, 5.41) is 1.12. The Bertz CT molecular complexity index is 656. The largest absolute Gasteiger partial charge is 0.351 e. The first-order chi connectivity index (χ1) is 10.0. The zero-order valence-corrected chi connectivity index (χ0v) is 13.1. The zero-order chi connectivity index (χ0) is 15.0. The number of carbonyl (C=O) groups excluding carboxylic acids is 1. The van der Waals surface area contributed by atoms with Crippen molar-refractivity contribution < 1.29 is 4.79 Å². The molecule has 3 nitrogen and oxygen atoms in total. The fourth-order valence-electron chi connectivity index (χ4n) is 3.16. The van der Waals surface area contributed by atoms with E-state index < -0.39 is 0 Å². The zero-order valence-electron chi connectivity index (χ0n) is 13.1. The van der Waals surface area contributed by atoms with Gasteiger partial charge in [0.2, 0.25) is 0 Å². The second kappa shape index (κ2) is 5.55. The lowest BCUT2D eigenvalue weighted by Gasteiger charge is -2.30. The summed E-state index contributed by atoms with van der Waals surface area (Å²) in [6.07, 6.45) is 2.35. The minimum atomic E-state index is 0.142. The molecule has 0 unspecified atom stereocenters. The smallest absolute Gasteiger partial charge is 0.270 e. The Labute approximate surface area is 126 Å². The highest BCUT2D eigenvalue weighted by Crippen LogP contribution is 2.23. The van der Waals surface area contributed by atoms with Crippen molar-refractivity contribution in [1.82, 2.24) is 9.88 Å². The van der Waals surface area contributed by atoms with E-state index in [2.05, 4.69) is 44.0 Å². The Hall–Kier alpha value is -1.77. The molecule has 2 heterocycles. The minimum Gasteiger partial charge on any atom is -0.351 e. The van der Waals surface area contributed by atoms with Gasteiger partial charge in [-0.1, -0.05) is 32.9 Å². The van der Waals surface area contributed by atoms with E-state index >= 15 is 0 Å². The number of aromatic nitrogens is 1. The molecule has 1 amide bonds. The predicted octanol–water partition coefficient (Wildman–Crippen LogP) is 4.16. The molecule has 2 aromatic rings. The number of amides is 1. The molecule has 0 radical (unpaired) electrons. The number of likely N-dealkylation sites (tertiary alicyclic amines) is 1. The molecular weight excluding hydrogens is 260 g/mol. The second-order valence-electron chi connectivity index (χ2n) is 6.68. The Morgan fingerprint density at radius 2 is 2.14 bits per heavy atom. The standard InChI is InChI=1S/C18H24N2O/c1-12(2)14-6-7-15-10-17(19-16(15)9-14)18(21)20-8-4-5-13(3)11-20/h6-7,9-10,12-13,19H,4-5,8,11H2,1-3H3/t13-/m0/s1. The van der Waals surface area contributed by atoms with Crippen LogP contribution in [0.3, 0.4) is 0 Å². The van der Waals surface area contributed by atoms with Crippen molar-refractivity contribution in [1.29, 1.82) is 0 Å². The Kier molecular flexibility index (Phi) is 3.75. The maximum atomic E-state index is 12.6. The van der Waals surface area contributed by atoms with E-state index in [1.165, 1.54) is 12.0 Å². The highest BCUT2D eigenvalue weighted by atomic mass is 16.2. The molecule has 0 saturated carbocycles. The summed E-state index contributed by atoms with van der Waals surface area (Å²) in [4.78, 5) is 17.9. The molecule has 0 aliphatic carbocycles. The Morgan fingerprint density at radius 1 is 1.33 bits per heavy atom. The maximum absolute atomic E-state index is 12.6. The van der Waals surface area contributed by atoms with Crippen molar-refractivity contribution in [2.75, 3.05) is 13.1 Å². The van der Waals surface area contributed by atoms with E-state index in [-0.39, 0.29) is 5.91 Å². The van der Waals surface area contributed by atoms with Crippen molar-refractivity contribution in [3.8, 4) is 0 Å². The van der Waals surface area contributed by atoms with Crippen molar-refractivity contribution in [2.24, 2.45) is 5.92 Å². The van der Waals surface area contributed by atoms with Gasteiger partial charge in [0.1, 0.15) is 5.69 Å². The molecule has 0 spiro atoms. The molecule has 0 bridgehead atoms. The number of hydrogen-bond acceptors (Lipinski definition) is 1. The number of hydrogen-bond donors (Lipinski definition) is 1. The fraction of sp³-hybridized carbons (Fsp3) is 0.500. The topological polar surface area (TPSA) is 36.1 Å². The van der Waals surface area contributed by atoms with Gasteiger partial charge in [0, 0.05) is 24.0 Å². The molecular formula is C18H24N2O. The minimum absolute atomic E-state index is 0.142. The van der Waals surface area contributed by atoms with E-state index in [1.807, 2.05) is 11.0 Å². The van der Waals surface area contributed by atoms with Crippen LogP contribution in [0.25, 0.3) is 10.9 Å². The fourth-order valence-corrected chi connectivity index (χ4v) is 3.16. The summed E-state index contributed by atoms with van der Waals surface area (Å²) in [5.74, 6) is 1.25. The van der Waals surface area contributed by atoms with Crippen LogP contribution in [-0.4, -0.2) is 28.9 Å². The number of aromatic amines is 1. The lowest BCUT2D eigenvalue weighted by molar-refractivity contribution is 0.0678. The van der Waals surface area contributed by atoms with Crippen molar-refractivity contribution in [3.05, 3.63) is 35.5 Å². The highest BCUT2D eigenvalue weighted by Gasteiger charge is 2.23. The monoisotopic (exact) mass is 284 g/mol. The van der Waals surface area contributed by atoms with Gasteiger partial charge in [-0.05, 0) is 42.4 Å². The van der Waals surface area contributed by atoms with Crippen LogP contribution in [-0.2, 0) is 0 Å². The number of nitrogens with one attached hydrogen (secondary N) is 1. The van der Waals surface area contributed by atoms with Gasteiger partial charge in [-0.25, -0.2) is 0 Å². The SMILES string of the molecule is CC(C)c1ccc2cc(C(=O)N3CCC[C@H](C)C3)[nH]c2c1. The van der Waals surface area contributed by atoms with Crippen LogP contribution < -0.4 is 0 Å². The predicted molar refractivity (Wildman–Crippen MR) is 86.7 cm³/mol. The van der Waals surface area contributed by atoms with Gasteiger partial charge in [-0.2, -0.15) is 0 Å². The number of carbonyl (C=O) groups is 1. The molecule has 1 aliphatic rings. The molecule has 112 valence electrons. The average molecular weight is 284 g/mol. The molecule has 1 fully saturated rings. The number of piperidine rings is 1. The van der Waals surface area contributed by atoms with Gasteiger partial charge in [0.05, 0.1) is 0 Å². The third kappa shape index (κ3) is 2.82. The second-order valence-corrected chi connectivity index (χ2v) is 6.68. The third-order valence-corrected chi connectivity index (χ3v) is 4.49. The van der Waals surface area contributed by atoms with Crippen LogP contribution in [0.15, 0.2) is 24.3 Å². The first kappa shape index (κ1) is 14.2. The number of H-pyrrole nitrogens is 1. The Morgan fingerprint density at radius 3 is 2.86 bits per heavy atom. The van der Waals surface area contributed by atoms with Gasteiger partial charge in [-0.15, -0.1) is 0 Å². The molecule has 3 heteroatoms. The van der Waals surface area contributed by atoms with Crippen molar-refractivity contribution >= 4 is 16.8 Å². The molecule has 21 heavy (non-hydrogen) atoms. The molecule has 1 N–H and O–H groups in total. The lowest BCUT2D eigenvalue weighted by atomic mass is 10.00. The average Bonchev–Trinajstić information content (AvgIpc) is 2.89. The quantitative estimate of drug-likeness (QED) is 0.883.